The minimum atomic E-state index is -0.673. The molecule has 1 aromatic carbocycles. The highest BCUT2D eigenvalue weighted by Crippen LogP contribution is 2.34. The lowest BCUT2D eigenvalue weighted by Crippen LogP contribution is -2.39. The predicted octanol–water partition coefficient (Wildman–Crippen LogP) is 3.68. The van der Waals surface area contributed by atoms with Gasteiger partial charge >= 0.3 is 6.03 Å². The molecule has 1 aliphatic rings. The topological polar surface area (TPSA) is 87.1 Å². The van der Waals surface area contributed by atoms with Gasteiger partial charge in [-0.15, -0.1) is 10.2 Å². The van der Waals surface area contributed by atoms with Crippen LogP contribution in [0.3, 0.4) is 0 Å². The van der Waals surface area contributed by atoms with Gasteiger partial charge in [-0.1, -0.05) is 11.3 Å². The molecule has 0 atom stereocenters. The number of carbonyl (C=O) groups excluding carboxylic acids is 1. The van der Waals surface area contributed by atoms with Crippen LogP contribution in [-0.2, 0) is 0 Å². The fourth-order valence-electron chi connectivity index (χ4n) is 3.42. The Balaban J connectivity index is 1.75. The molecule has 0 bridgehead atoms. The van der Waals surface area contributed by atoms with Crippen LogP contribution < -0.4 is 10.2 Å². The van der Waals surface area contributed by atoms with E-state index in [4.69, 9.17) is 0 Å². The van der Waals surface area contributed by atoms with Gasteiger partial charge in [-0.2, -0.15) is 9.37 Å². The van der Waals surface area contributed by atoms with Crippen LogP contribution in [0.2, 0.25) is 0 Å². The Bertz CT molecular complexity index is 1060. The fourth-order valence-corrected chi connectivity index (χ4v) is 4.10. The van der Waals surface area contributed by atoms with Gasteiger partial charge < -0.3 is 9.80 Å². The first-order chi connectivity index (χ1) is 13.9. The summed E-state index contributed by atoms with van der Waals surface area (Å²) in [5, 5.41) is 12.8. The number of hydrogen-bond acceptors (Lipinski definition) is 7. The number of amides is 2. The van der Waals surface area contributed by atoms with E-state index in [0.717, 1.165) is 34.8 Å². The molecule has 2 aromatic heterocycles. The summed E-state index contributed by atoms with van der Waals surface area (Å²) in [5.74, 6) is -0.714. The van der Waals surface area contributed by atoms with E-state index < -0.39 is 5.95 Å². The van der Waals surface area contributed by atoms with Gasteiger partial charge in [0.2, 0.25) is 11.9 Å². The maximum Gasteiger partial charge on any atom is 0.324 e. The third-order valence-corrected chi connectivity index (χ3v) is 5.74. The Morgan fingerprint density at radius 2 is 1.93 bits per heavy atom. The molecule has 3 aromatic rings. The van der Waals surface area contributed by atoms with Crippen LogP contribution in [0.5, 0.6) is 0 Å². The molecular formula is C19H22FN7OS. The number of nitrogens with zero attached hydrogens (tertiary/aromatic N) is 6. The van der Waals surface area contributed by atoms with Gasteiger partial charge in [0.05, 0.1) is 16.6 Å². The van der Waals surface area contributed by atoms with E-state index in [1.807, 2.05) is 27.1 Å². The van der Waals surface area contributed by atoms with E-state index in [0.29, 0.717) is 29.7 Å². The Morgan fingerprint density at radius 3 is 2.59 bits per heavy atom. The van der Waals surface area contributed by atoms with Crippen LogP contribution >= 0.6 is 11.3 Å². The number of nitrogens with one attached hydrogen (secondary N) is 1. The van der Waals surface area contributed by atoms with Crippen LogP contribution in [0.25, 0.3) is 21.5 Å². The van der Waals surface area contributed by atoms with E-state index >= 15 is 0 Å². The number of likely N-dealkylation sites (tertiary alicyclic amines) is 1. The third kappa shape index (κ3) is 3.98. The summed E-state index contributed by atoms with van der Waals surface area (Å²) in [5.41, 5.74) is 1.83. The van der Waals surface area contributed by atoms with Crippen LogP contribution in [0.15, 0.2) is 12.1 Å². The second kappa shape index (κ2) is 7.86. The monoisotopic (exact) mass is 415 g/mol. The Hall–Kier alpha value is -2.88. The number of halogens is 1. The molecule has 1 saturated heterocycles. The van der Waals surface area contributed by atoms with Gasteiger partial charge in [0.15, 0.2) is 0 Å². The van der Waals surface area contributed by atoms with Crippen molar-refractivity contribution in [3.05, 3.63) is 23.1 Å². The first-order valence-corrected chi connectivity index (χ1v) is 10.3. The number of aryl methyl sites for hydroxylation is 1. The third-order valence-electron chi connectivity index (χ3n) is 4.85. The molecule has 29 heavy (non-hydrogen) atoms. The molecule has 3 heterocycles. The number of benzene rings is 1. The zero-order valence-corrected chi connectivity index (χ0v) is 17.4. The lowest BCUT2D eigenvalue weighted by molar-refractivity contribution is 0.200. The molecule has 0 unspecified atom stereocenters. The van der Waals surface area contributed by atoms with Crippen molar-refractivity contribution in [3.8, 4) is 10.6 Å². The van der Waals surface area contributed by atoms with Crippen LogP contribution in [-0.4, -0.2) is 58.3 Å². The number of aromatic nitrogens is 4. The molecule has 8 nitrogen and oxygen atoms in total. The molecule has 0 aliphatic carbocycles. The Labute approximate surface area is 171 Å². The number of piperidine rings is 1. The molecule has 4 rings (SSSR count). The van der Waals surface area contributed by atoms with Gasteiger partial charge in [0.1, 0.15) is 10.0 Å². The van der Waals surface area contributed by atoms with E-state index in [-0.39, 0.29) is 12.0 Å². The minimum absolute atomic E-state index is 0.0409. The first-order valence-electron chi connectivity index (χ1n) is 9.47. The Morgan fingerprint density at radius 1 is 1.17 bits per heavy atom. The Kier molecular flexibility index (Phi) is 5.27. The maximum absolute atomic E-state index is 14.9. The molecule has 152 valence electrons. The number of anilines is 2. The van der Waals surface area contributed by atoms with Crippen molar-refractivity contribution in [2.75, 3.05) is 37.4 Å². The van der Waals surface area contributed by atoms with E-state index in [9.17, 15) is 9.18 Å². The highest BCUT2D eigenvalue weighted by atomic mass is 32.1. The van der Waals surface area contributed by atoms with Crippen LogP contribution in [0.4, 0.5) is 20.8 Å². The summed E-state index contributed by atoms with van der Waals surface area (Å²) < 4.78 is 14.9. The predicted molar refractivity (Wildman–Crippen MR) is 112 cm³/mol. The molecule has 2 amide bonds. The second-order valence-corrected chi connectivity index (χ2v) is 8.41. The minimum Gasteiger partial charge on any atom is -0.377 e. The first kappa shape index (κ1) is 19.4. The van der Waals surface area contributed by atoms with Crippen LogP contribution in [0.1, 0.15) is 24.3 Å². The fraction of sp³-hybridized carbons (Fsp3) is 0.421. The van der Waals surface area contributed by atoms with E-state index in [1.54, 1.807) is 15.9 Å². The largest absolute Gasteiger partial charge is 0.377 e. The average molecular weight is 415 g/mol. The quantitative estimate of drug-likeness (QED) is 0.657. The normalized spacial score (nSPS) is 14.3. The smallest absolute Gasteiger partial charge is 0.324 e. The van der Waals surface area contributed by atoms with Gasteiger partial charge in [0, 0.05) is 32.7 Å². The van der Waals surface area contributed by atoms with Gasteiger partial charge in [0.25, 0.3) is 0 Å². The molecule has 0 radical (unpaired) electrons. The summed E-state index contributed by atoms with van der Waals surface area (Å²) in [6.07, 6.45) is 3.06. The second-order valence-electron chi connectivity index (χ2n) is 7.23. The molecule has 0 saturated carbocycles. The number of hydrogen-bond donors (Lipinski definition) is 1. The number of carbonyl (C=O) groups is 1. The lowest BCUT2D eigenvalue weighted by atomic mass is 10.1. The SMILES string of the molecule is Cc1nnc(-c2cc(N(C)C)c3c(F)nc(NC(=O)N4CCCCC4)nc3c2)s1. The molecular weight excluding hydrogens is 393 g/mol. The molecule has 1 aliphatic heterocycles. The molecule has 1 N–H and O–H groups in total. The maximum atomic E-state index is 14.9. The van der Waals surface area contributed by atoms with E-state index in [2.05, 4.69) is 25.5 Å². The average Bonchev–Trinajstić information content (AvgIpc) is 3.14. The van der Waals surface area contributed by atoms with Crippen molar-refractivity contribution in [2.45, 2.75) is 26.2 Å². The van der Waals surface area contributed by atoms with Crippen molar-refractivity contribution in [1.82, 2.24) is 25.1 Å². The van der Waals surface area contributed by atoms with Crippen molar-refractivity contribution >= 4 is 39.9 Å². The standard InChI is InChI=1S/C19H22FN7OS/c1-11-24-25-17(29-11)12-9-13-15(14(10-12)26(2)3)16(20)22-18(21-13)23-19(28)27-7-5-4-6-8-27/h9-10H,4-8H2,1-3H3,(H,21,22,23,28). The number of fused-ring (bicyclic) bond motifs is 1. The summed E-state index contributed by atoms with van der Waals surface area (Å²) in [4.78, 5) is 24.3. The highest BCUT2D eigenvalue weighted by molar-refractivity contribution is 7.14. The number of urea groups is 1. The van der Waals surface area contributed by atoms with Crippen molar-refractivity contribution < 1.29 is 9.18 Å². The number of rotatable bonds is 3. The van der Waals surface area contributed by atoms with Crippen molar-refractivity contribution in [3.63, 3.8) is 0 Å². The zero-order chi connectivity index (χ0) is 20.5. The van der Waals surface area contributed by atoms with Crippen LogP contribution in [0, 0.1) is 12.9 Å². The van der Waals surface area contributed by atoms with Crippen molar-refractivity contribution in [1.29, 1.82) is 0 Å². The molecule has 1 fully saturated rings. The van der Waals surface area contributed by atoms with E-state index in [1.165, 1.54) is 11.3 Å². The summed E-state index contributed by atoms with van der Waals surface area (Å²) in [6, 6.07) is 3.30. The lowest BCUT2D eigenvalue weighted by Gasteiger charge is -2.26. The molecule has 10 heteroatoms. The zero-order valence-electron chi connectivity index (χ0n) is 16.6. The van der Waals surface area contributed by atoms with Crippen molar-refractivity contribution in [2.24, 2.45) is 0 Å². The summed E-state index contributed by atoms with van der Waals surface area (Å²) >= 11 is 1.45. The van der Waals surface area contributed by atoms with Gasteiger partial charge in [-0.05, 0) is 38.3 Å². The van der Waals surface area contributed by atoms with Gasteiger partial charge in [-0.25, -0.2) is 9.78 Å². The molecule has 0 spiro atoms. The summed E-state index contributed by atoms with van der Waals surface area (Å²) in [6.45, 7) is 3.26. The summed E-state index contributed by atoms with van der Waals surface area (Å²) in [7, 11) is 3.66. The highest BCUT2D eigenvalue weighted by Gasteiger charge is 2.20. The van der Waals surface area contributed by atoms with Gasteiger partial charge in [-0.3, -0.25) is 5.32 Å².